The Labute approximate surface area is 158 Å². The zero-order valence-corrected chi connectivity index (χ0v) is 16.1. The van der Waals surface area contributed by atoms with Crippen LogP contribution in [-0.2, 0) is 16.4 Å². The largest absolute Gasteiger partial charge is 0.348 e. The van der Waals surface area contributed by atoms with Gasteiger partial charge in [0.05, 0.1) is 10.6 Å². The van der Waals surface area contributed by atoms with Crippen LogP contribution in [0.1, 0.15) is 27.3 Å². The van der Waals surface area contributed by atoms with Gasteiger partial charge in [0.2, 0.25) is 0 Å². The minimum atomic E-state index is -3.28. The molecule has 2 heterocycles. The van der Waals surface area contributed by atoms with E-state index in [0.717, 1.165) is 23.2 Å². The Hall–Kier alpha value is -3.00. The van der Waals surface area contributed by atoms with Crippen molar-refractivity contribution in [2.75, 3.05) is 6.26 Å². The molecular formula is C19H20N4O3S. The average molecular weight is 384 g/mol. The average Bonchev–Trinajstić information content (AvgIpc) is 2.97. The Morgan fingerprint density at radius 1 is 1.11 bits per heavy atom. The van der Waals surface area contributed by atoms with Crippen LogP contribution in [0.5, 0.6) is 0 Å². The van der Waals surface area contributed by atoms with Gasteiger partial charge in [0.15, 0.2) is 15.7 Å². The molecule has 0 aliphatic heterocycles. The SMILES string of the molecule is Cc1cc(C)n(-c2ccc(CNC(=O)c3ccc(S(C)(=O)=O)cc3)cn2)n1. The maximum absolute atomic E-state index is 12.2. The predicted molar refractivity (Wildman–Crippen MR) is 102 cm³/mol. The fraction of sp³-hybridized carbons (Fsp3) is 0.211. The second kappa shape index (κ2) is 7.32. The molecule has 2 aromatic heterocycles. The van der Waals surface area contributed by atoms with Crippen molar-refractivity contribution < 1.29 is 13.2 Å². The minimum Gasteiger partial charge on any atom is -0.348 e. The molecule has 0 aliphatic rings. The number of amides is 1. The van der Waals surface area contributed by atoms with E-state index in [1.165, 1.54) is 24.3 Å². The highest BCUT2D eigenvalue weighted by Gasteiger charge is 2.10. The number of nitrogens with one attached hydrogen (secondary N) is 1. The minimum absolute atomic E-state index is 0.183. The molecule has 0 unspecified atom stereocenters. The molecule has 0 radical (unpaired) electrons. The van der Waals surface area contributed by atoms with Gasteiger partial charge >= 0.3 is 0 Å². The molecule has 3 aromatic rings. The Balaban J connectivity index is 1.64. The van der Waals surface area contributed by atoms with Gasteiger partial charge in [-0.15, -0.1) is 0 Å². The van der Waals surface area contributed by atoms with Gasteiger partial charge < -0.3 is 5.32 Å². The molecule has 140 valence electrons. The number of nitrogens with zero attached hydrogens (tertiary/aromatic N) is 3. The Bertz CT molecular complexity index is 1070. The molecule has 0 fully saturated rings. The maximum Gasteiger partial charge on any atom is 0.251 e. The van der Waals surface area contributed by atoms with E-state index < -0.39 is 9.84 Å². The van der Waals surface area contributed by atoms with Crippen molar-refractivity contribution in [2.24, 2.45) is 0 Å². The number of carbonyl (C=O) groups excluding carboxylic acids is 1. The molecule has 0 bridgehead atoms. The first kappa shape index (κ1) is 18.8. The van der Waals surface area contributed by atoms with Crippen molar-refractivity contribution in [3.63, 3.8) is 0 Å². The summed E-state index contributed by atoms with van der Waals surface area (Å²) in [6.45, 7) is 4.21. The van der Waals surface area contributed by atoms with E-state index in [1.807, 2.05) is 32.0 Å². The summed E-state index contributed by atoms with van der Waals surface area (Å²) >= 11 is 0. The summed E-state index contributed by atoms with van der Waals surface area (Å²) in [6, 6.07) is 11.5. The van der Waals surface area contributed by atoms with Crippen molar-refractivity contribution in [1.82, 2.24) is 20.1 Å². The lowest BCUT2D eigenvalue weighted by molar-refractivity contribution is 0.0951. The molecule has 0 saturated carbocycles. The Morgan fingerprint density at radius 2 is 1.81 bits per heavy atom. The van der Waals surface area contributed by atoms with Gasteiger partial charge in [0, 0.05) is 30.3 Å². The smallest absolute Gasteiger partial charge is 0.251 e. The number of pyridine rings is 1. The molecule has 0 aliphatic carbocycles. The van der Waals surface area contributed by atoms with E-state index in [4.69, 9.17) is 0 Å². The Morgan fingerprint density at radius 3 is 2.33 bits per heavy atom. The van der Waals surface area contributed by atoms with Gasteiger partial charge in [-0.05, 0) is 55.8 Å². The van der Waals surface area contributed by atoms with Gasteiger partial charge in [-0.3, -0.25) is 4.79 Å². The fourth-order valence-electron chi connectivity index (χ4n) is 2.65. The molecule has 0 spiro atoms. The molecule has 0 atom stereocenters. The zero-order chi connectivity index (χ0) is 19.6. The van der Waals surface area contributed by atoms with Crippen molar-refractivity contribution in [3.05, 3.63) is 71.2 Å². The summed E-state index contributed by atoms with van der Waals surface area (Å²) in [6.07, 6.45) is 2.82. The monoisotopic (exact) mass is 384 g/mol. The maximum atomic E-state index is 12.2. The third kappa shape index (κ3) is 4.40. The van der Waals surface area contributed by atoms with Crippen molar-refractivity contribution >= 4 is 15.7 Å². The van der Waals surface area contributed by atoms with E-state index in [1.54, 1.807) is 10.9 Å². The Kier molecular flexibility index (Phi) is 5.09. The second-order valence-corrected chi connectivity index (χ2v) is 8.36. The summed E-state index contributed by atoms with van der Waals surface area (Å²) < 4.78 is 24.7. The van der Waals surface area contributed by atoms with Crippen LogP contribution in [0.25, 0.3) is 5.82 Å². The number of sulfone groups is 1. The second-order valence-electron chi connectivity index (χ2n) is 6.34. The highest BCUT2D eigenvalue weighted by molar-refractivity contribution is 7.90. The van der Waals surface area contributed by atoms with Gasteiger partial charge in [0.1, 0.15) is 0 Å². The van der Waals surface area contributed by atoms with Crippen molar-refractivity contribution in [2.45, 2.75) is 25.3 Å². The number of benzene rings is 1. The zero-order valence-electron chi connectivity index (χ0n) is 15.3. The van der Waals surface area contributed by atoms with Crippen LogP contribution in [-0.4, -0.2) is 35.3 Å². The first-order valence-electron chi connectivity index (χ1n) is 8.31. The van der Waals surface area contributed by atoms with Crippen LogP contribution in [0.2, 0.25) is 0 Å². The standard InChI is InChI=1S/C19H20N4O3S/c1-13-10-14(2)23(22-13)18-9-4-15(11-20-18)12-21-19(24)16-5-7-17(8-6-16)27(3,25)26/h4-11H,12H2,1-3H3,(H,21,24). The number of rotatable bonds is 5. The van der Waals surface area contributed by atoms with Gasteiger partial charge in [0.25, 0.3) is 5.91 Å². The number of aryl methyl sites for hydroxylation is 2. The van der Waals surface area contributed by atoms with E-state index >= 15 is 0 Å². The number of hydrogen-bond acceptors (Lipinski definition) is 5. The molecule has 1 N–H and O–H groups in total. The lowest BCUT2D eigenvalue weighted by atomic mass is 10.2. The van der Waals surface area contributed by atoms with E-state index in [2.05, 4.69) is 15.4 Å². The molecule has 7 nitrogen and oxygen atoms in total. The molecule has 1 aromatic carbocycles. The van der Waals surface area contributed by atoms with Crippen LogP contribution in [0.3, 0.4) is 0 Å². The van der Waals surface area contributed by atoms with E-state index in [0.29, 0.717) is 17.9 Å². The van der Waals surface area contributed by atoms with E-state index in [9.17, 15) is 13.2 Å². The molecule has 27 heavy (non-hydrogen) atoms. The van der Waals surface area contributed by atoms with Crippen LogP contribution >= 0.6 is 0 Å². The summed E-state index contributed by atoms with van der Waals surface area (Å²) in [7, 11) is -3.28. The molecule has 0 saturated heterocycles. The van der Waals surface area contributed by atoms with Gasteiger partial charge in [-0.1, -0.05) is 6.07 Å². The fourth-order valence-corrected chi connectivity index (χ4v) is 3.28. The molecule has 3 rings (SSSR count). The van der Waals surface area contributed by atoms with Gasteiger partial charge in [-0.2, -0.15) is 5.10 Å². The predicted octanol–water partition coefficient (Wildman–Crippen LogP) is 2.22. The summed E-state index contributed by atoms with van der Waals surface area (Å²) in [5.41, 5.74) is 3.17. The van der Waals surface area contributed by atoms with Crippen molar-refractivity contribution in [3.8, 4) is 5.82 Å². The summed E-state index contributed by atoms with van der Waals surface area (Å²) in [5, 5.41) is 7.19. The van der Waals surface area contributed by atoms with Crippen LogP contribution in [0, 0.1) is 13.8 Å². The third-order valence-electron chi connectivity index (χ3n) is 4.03. The first-order valence-corrected chi connectivity index (χ1v) is 10.2. The van der Waals surface area contributed by atoms with Crippen LogP contribution in [0.4, 0.5) is 0 Å². The normalized spacial score (nSPS) is 11.4. The molecule has 8 heteroatoms. The van der Waals surface area contributed by atoms with Crippen LogP contribution < -0.4 is 5.32 Å². The quantitative estimate of drug-likeness (QED) is 0.728. The van der Waals surface area contributed by atoms with Crippen LogP contribution in [0.15, 0.2) is 53.6 Å². The lowest BCUT2D eigenvalue weighted by Gasteiger charge is -2.07. The van der Waals surface area contributed by atoms with Crippen molar-refractivity contribution in [1.29, 1.82) is 0 Å². The third-order valence-corrected chi connectivity index (χ3v) is 5.16. The summed E-state index contributed by atoms with van der Waals surface area (Å²) in [5.74, 6) is 0.435. The van der Waals surface area contributed by atoms with Gasteiger partial charge in [-0.25, -0.2) is 18.1 Å². The number of aromatic nitrogens is 3. The number of carbonyl (C=O) groups is 1. The summed E-state index contributed by atoms with van der Waals surface area (Å²) in [4.78, 5) is 16.8. The lowest BCUT2D eigenvalue weighted by Crippen LogP contribution is -2.23. The number of hydrogen-bond donors (Lipinski definition) is 1. The molecule has 1 amide bonds. The van der Waals surface area contributed by atoms with E-state index in [-0.39, 0.29) is 10.8 Å². The topological polar surface area (TPSA) is 94.0 Å². The molecular weight excluding hydrogens is 364 g/mol. The first-order chi connectivity index (χ1) is 12.7. The highest BCUT2D eigenvalue weighted by atomic mass is 32.2. The highest BCUT2D eigenvalue weighted by Crippen LogP contribution is 2.12.